The summed E-state index contributed by atoms with van der Waals surface area (Å²) in [6.07, 6.45) is -15.1. The Balaban J connectivity index is 2.38. The van der Waals surface area contributed by atoms with E-state index in [4.69, 9.17) is 10.5 Å². The molecule has 0 radical (unpaired) electrons. The van der Waals surface area contributed by atoms with E-state index < -0.39 is 47.1 Å². The molecule has 0 aromatic heterocycles. The van der Waals surface area contributed by atoms with Crippen LogP contribution in [-0.4, -0.2) is 12.6 Å². The van der Waals surface area contributed by atoms with E-state index in [1.807, 2.05) is 0 Å². The number of nitrogens with two attached hydrogens (primary N) is 1. The molecule has 1 atom stereocenters. The van der Waals surface area contributed by atoms with Gasteiger partial charge < -0.3 is 10.5 Å². The fourth-order valence-corrected chi connectivity index (χ4v) is 2.16. The lowest BCUT2D eigenvalue weighted by molar-refractivity contribution is -0.274. The number of hydrogen-bond donors (Lipinski definition) is 1. The smallest absolute Gasteiger partial charge is 0.432 e. The van der Waals surface area contributed by atoms with E-state index in [0.29, 0.717) is 30.3 Å². The summed E-state index contributed by atoms with van der Waals surface area (Å²) in [7, 11) is 0. The van der Waals surface area contributed by atoms with Crippen molar-refractivity contribution in [3.63, 3.8) is 0 Å². The highest BCUT2D eigenvalue weighted by Gasteiger charge is 2.63. The topological polar surface area (TPSA) is 35.2 Å². The van der Waals surface area contributed by atoms with Crippen LogP contribution in [0.2, 0.25) is 0 Å². The van der Waals surface area contributed by atoms with Crippen LogP contribution in [0.25, 0.3) is 0 Å². The molecule has 27 heavy (non-hydrogen) atoms. The lowest BCUT2D eigenvalue weighted by Crippen LogP contribution is -2.44. The summed E-state index contributed by atoms with van der Waals surface area (Å²) >= 11 is 0. The highest BCUT2D eigenvalue weighted by atomic mass is 19.4. The minimum Gasteiger partial charge on any atom is -0.457 e. The Labute approximate surface area is 146 Å². The fraction of sp³-hybridized carbons (Fsp3) is 0.250. The van der Waals surface area contributed by atoms with Gasteiger partial charge >= 0.3 is 12.4 Å². The second kappa shape index (κ2) is 6.86. The van der Waals surface area contributed by atoms with Crippen molar-refractivity contribution in [1.29, 1.82) is 0 Å². The van der Waals surface area contributed by atoms with Crippen LogP contribution in [0.1, 0.15) is 11.1 Å². The van der Waals surface area contributed by atoms with Gasteiger partial charge in [0.1, 0.15) is 17.1 Å². The van der Waals surface area contributed by atoms with Crippen molar-refractivity contribution in [1.82, 2.24) is 0 Å². The molecule has 2 aromatic rings. The highest BCUT2D eigenvalue weighted by molar-refractivity contribution is 5.50. The van der Waals surface area contributed by atoms with Crippen LogP contribution >= 0.6 is 0 Å². The number of ether oxygens (including phenoxy) is 1. The molecule has 0 spiro atoms. The molecule has 0 saturated heterocycles. The molecular formula is C16H10F9NO. The van der Waals surface area contributed by atoms with E-state index in [9.17, 15) is 39.5 Å². The molecule has 0 saturated carbocycles. The van der Waals surface area contributed by atoms with E-state index in [2.05, 4.69) is 0 Å². The number of benzene rings is 2. The minimum atomic E-state index is -5.90. The highest BCUT2D eigenvalue weighted by Crippen LogP contribution is 2.47. The molecule has 11 heteroatoms. The quantitative estimate of drug-likeness (QED) is 0.497. The molecule has 0 fully saturated rings. The third-order valence-corrected chi connectivity index (χ3v) is 3.52. The average molecular weight is 403 g/mol. The van der Waals surface area contributed by atoms with Crippen LogP contribution in [0.5, 0.6) is 11.5 Å². The van der Waals surface area contributed by atoms with Gasteiger partial charge in [-0.2, -0.15) is 26.3 Å². The lowest BCUT2D eigenvalue weighted by atomic mass is 9.95. The Bertz CT molecular complexity index is 799. The first-order valence-electron chi connectivity index (χ1n) is 7.05. The van der Waals surface area contributed by atoms with E-state index in [-0.39, 0.29) is 5.69 Å². The minimum absolute atomic E-state index is 0.214. The number of alkyl halides is 9. The van der Waals surface area contributed by atoms with Crippen molar-refractivity contribution in [2.75, 3.05) is 5.73 Å². The first kappa shape index (κ1) is 20.7. The maximum absolute atomic E-state index is 13.9. The largest absolute Gasteiger partial charge is 0.457 e. The van der Waals surface area contributed by atoms with Crippen LogP contribution in [-0.2, 0) is 11.8 Å². The van der Waals surface area contributed by atoms with E-state index >= 15 is 0 Å². The molecule has 2 nitrogen and oxygen atoms in total. The van der Waals surface area contributed by atoms with Crippen molar-refractivity contribution in [2.45, 2.75) is 24.4 Å². The van der Waals surface area contributed by atoms with Crippen molar-refractivity contribution in [2.24, 2.45) is 0 Å². The number of nitrogen functional groups attached to an aromatic ring is 1. The molecule has 0 heterocycles. The summed E-state index contributed by atoms with van der Waals surface area (Å²) in [6, 6.07) is 4.56. The molecule has 0 aliphatic heterocycles. The predicted molar refractivity (Wildman–Crippen MR) is 77.2 cm³/mol. The van der Waals surface area contributed by atoms with E-state index in [1.54, 1.807) is 0 Å². The standard InChI is InChI=1S/C16H10F9NO/c17-13(18)14(19,16(23,24)25)8-1-4-10(5-2-8)27-12-6-3-9(26)7-11(12)15(20,21)22/h1-7,13H,26H2. The molecule has 2 N–H and O–H groups in total. The third-order valence-electron chi connectivity index (χ3n) is 3.52. The van der Waals surface area contributed by atoms with Gasteiger partial charge in [0, 0.05) is 11.3 Å². The summed E-state index contributed by atoms with van der Waals surface area (Å²) in [5.41, 5.74) is -2.53. The van der Waals surface area contributed by atoms with Crippen molar-refractivity contribution < 1.29 is 44.3 Å². The summed E-state index contributed by atoms with van der Waals surface area (Å²) < 4.78 is 121. The number of anilines is 1. The molecule has 0 amide bonds. The number of hydrogen-bond acceptors (Lipinski definition) is 2. The van der Waals surface area contributed by atoms with Crippen LogP contribution < -0.4 is 10.5 Å². The Morgan fingerprint density at radius 1 is 0.815 bits per heavy atom. The van der Waals surface area contributed by atoms with Gasteiger partial charge in [0.05, 0.1) is 0 Å². The Morgan fingerprint density at radius 2 is 1.37 bits per heavy atom. The van der Waals surface area contributed by atoms with Gasteiger partial charge in [-0.3, -0.25) is 0 Å². The van der Waals surface area contributed by atoms with Gasteiger partial charge in [-0.25, -0.2) is 13.2 Å². The summed E-state index contributed by atoms with van der Waals surface area (Å²) in [6.45, 7) is 0. The molecular weight excluding hydrogens is 393 g/mol. The zero-order valence-electron chi connectivity index (χ0n) is 13.0. The molecule has 0 bridgehead atoms. The van der Waals surface area contributed by atoms with Crippen LogP contribution in [0, 0.1) is 0 Å². The van der Waals surface area contributed by atoms with Gasteiger partial charge in [-0.05, 0) is 30.3 Å². The number of rotatable bonds is 4. The molecule has 2 rings (SSSR count). The summed E-state index contributed by atoms with van der Waals surface area (Å²) in [5.74, 6) is -1.14. The number of halogens is 9. The van der Waals surface area contributed by atoms with E-state index in [1.165, 1.54) is 0 Å². The van der Waals surface area contributed by atoms with Gasteiger partial charge in [-0.15, -0.1) is 0 Å². The lowest BCUT2D eigenvalue weighted by Gasteiger charge is -2.27. The van der Waals surface area contributed by atoms with Crippen molar-refractivity contribution in [3.8, 4) is 11.5 Å². The summed E-state index contributed by atoms with van der Waals surface area (Å²) in [5, 5.41) is 0. The normalized spacial score (nSPS) is 14.9. The third kappa shape index (κ3) is 4.06. The molecule has 148 valence electrons. The molecule has 2 aromatic carbocycles. The Morgan fingerprint density at radius 3 is 1.81 bits per heavy atom. The van der Waals surface area contributed by atoms with Crippen LogP contribution in [0.4, 0.5) is 45.2 Å². The molecule has 1 unspecified atom stereocenters. The van der Waals surface area contributed by atoms with Gasteiger partial charge in [-0.1, -0.05) is 12.1 Å². The van der Waals surface area contributed by atoms with E-state index in [0.717, 1.165) is 12.1 Å². The second-order valence-corrected chi connectivity index (χ2v) is 5.39. The average Bonchev–Trinajstić information content (AvgIpc) is 2.54. The predicted octanol–water partition coefficient (Wildman–Crippen LogP) is 6.07. The Hall–Kier alpha value is -2.59. The van der Waals surface area contributed by atoms with Crippen molar-refractivity contribution in [3.05, 3.63) is 53.6 Å². The monoisotopic (exact) mass is 403 g/mol. The van der Waals surface area contributed by atoms with Crippen molar-refractivity contribution >= 4 is 5.69 Å². The zero-order valence-corrected chi connectivity index (χ0v) is 13.0. The molecule has 0 aliphatic rings. The first-order chi connectivity index (χ1) is 12.3. The molecule has 0 aliphatic carbocycles. The zero-order chi connectivity index (χ0) is 20.6. The summed E-state index contributed by atoms with van der Waals surface area (Å²) in [4.78, 5) is 0. The van der Waals surface area contributed by atoms with Gasteiger partial charge in [0.15, 0.2) is 0 Å². The maximum Gasteiger partial charge on any atom is 0.432 e. The van der Waals surface area contributed by atoms with Crippen LogP contribution in [0.3, 0.4) is 0 Å². The first-order valence-corrected chi connectivity index (χ1v) is 7.05. The fourth-order valence-electron chi connectivity index (χ4n) is 2.16. The van der Waals surface area contributed by atoms with Gasteiger partial charge in [0.25, 0.3) is 12.1 Å². The SMILES string of the molecule is Nc1ccc(Oc2ccc(C(F)(C(F)F)C(F)(F)F)cc2)c(C(F)(F)F)c1. The maximum atomic E-state index is 13.9. The second-order valence-electron chi connectivity index (χ2n) is 5.39. The van der Waals surface area contributed by atoms with Crippen LogP contribution in [0.15, 0.2) is 42.5 Å². The van der Waals surface area contributed by atoms with Gasteiger partial charge in [0.2, 0.25) is 0 Å². The Kier molecular flexibility index (Phi) is 5.26.